The molecule has 0 spiro atoms. The predicted octanol–water partition coefficient (Wildman–Crippen LogP) is 1.40. The molecule has 0 bridgehead atoms. The van der Waals surface area contributed by atoms with Crippen LogP contribution < -0.4 is 0 Å². The second kappa shape index (κ2) is 4.01. The van der Waals surface area contributed by atoms with E-state index in [1.807, 2.05) is 0 Å². The molecule has 90 valence electrons. The first-order valence-electron chi connectivity index (χ1n) is 5.26. The molecule has 1 amide bonds. The van der Waals surface area contributed by atoms with Crippen LogP contribution in [0.4, 0.5) is 0 Å². The third kappa shape index (κ3) is 1.80. The van der Waals surface area contributed by atoms with Crippen molar-refractivity contribution < 1.29 is 20.1 Å². The van der Waals surface area contributed by atoms with E-state index in [1.54, 1.807) is 0 Å². The molecule has 1 aliphatic heterocycles. The van der Waals surface area contributed by atoms with Crippen LogP contribution >= 0.6 is 0 Å². The van der Waals surface area contributed by atoms with Crippen LogP contribution in [0.25, 0.3) is 5.70 Å². The molecule has 0 saturated carbocycles. The number of likely N-dealkylation sites (tertiary alicyclic amines) is 1. The molecule has 0 radical (unpaired) electrons. The van der Waals surface area contributed by atoms with Gasteiger partial charge >= 0.3 is 0 Å². The molecule has 0 unspecified atom stereocenters. The van der Waals surface area contributed by atoms with Crippen LogP contribution in [0.2, 0.25) is 0 Å². The van der Waals surface area contributed by atoms with Gasteiger partial charge in [-0.15, -0.1) is 0 Å². The Kier molecular flexibility index (Phi) is 2.67. The number of carbonyl (C=O) groups excluding carboxylic acids is 1. The highest BCUT2D eigenvalue weighted by atomic mass is 16.3. The topological polar surface area (TPSA) is 81.0 Å². The van der Waals surface area contributed by atoms with Crippen LogP contribution in [0.3, 0.4) is 0 Å². The molecule has 0 aliphatic carbocycles. The Morgan fingerprint density at radius 3 is 2.53 bits per heavy atom. The van der Waals surface area contributed by atoms with E-state index >= 15 is 0 Å². The summed E-state index contributed by atoms with van der Waals surface area (Å²) in [7, 11) is 0. The normalized spacial score (nSPS) is 15.3. The zero-order valence-electron chi connectivity index (χ0n) is 9.18. The van der Waals surface area contributed by atoms with Crippen molar-refractivity contribution in [3.8, 4) is 17.2 Å². The van der Waals surface area contributed by atoms with Crippen LogP contribution in [-0.2, 0) is 4.79 Å². The molecular formula is C12H13NO4. The number of carbonyl (C=O) groups is 1. The molecule has 17 heavy (non-hydrogen) atoms. The monoisotopic (exact) mass is 235 g/mol. The average molecular weight is 235 g/mol. The maximum atomic E-state index is 11.5. The van der Waals surface area contributed by atoms with Gasteiger partial charge in [-0.05, 0) is 18.6 Å². The molecule has 1 saturated heterocycles. The Bertz CT molecular complexity index is 496. The van der Waals surface area contributed by atoms with E-state index in [-0.39, 0.29) is 11.5 Å². The van der Waals surface area contributed by atoms with E-state index in [0.717, 1.165) is 6.42 Å². The van der Waals surface area contributed by atoms with Gasteiger partial charge in [0.1, 0.15) is 0 Å². The van der Waals surface area contributed by atoms with Gasteiger partial charge in [0, 0.05) is 24.2 Å². The van der Waals surface area contributed by atoms with E-state index < -0.39 is 17.2 Å². The Balaban J connectivity index is 2.38. The van der Waals surface area contributed by atoms with Crippen LogP contribution in [-0.4, -0.2) is 32.7 Å². The maximum absolute atomic E-state index is 11.5. The molecule has 5 heteroatoms. The number of aromatic hydroxyl groups is 3. The van der Waals surface area contributed by atoms with Gasteiger partial charge < -0.3 is 20.2 Å². The highest BCUT2D eigenvalue weighted by Crippen LogP contribution is 2.40. The van der Waals surface area contributed by atoms with Gasteiger partial charge in [0.25, 0.3) is 0 Å². The van der Waals surface area contributed by atoms with Crippen LogP contribution in [0, 0.1) is 0 Å². The number of hydrogen-bond acceptors (Lipinski definition) is 4. The van der Waals surface area contributed by atoms with Crippen LogP contribution in [0.15, 0.2) is 18.7 Å². The standard InChI is InChI=1S/C12H13NO4/c1-7(13-6-2-3-10(13)15)8-4-5-9(14)12(17)11(8)16/h4-5,14,16-17H,1-3,6H2. The maximum Gasteiger partial charge on any atom is 0.227 e. The van der Waals surface area contributed by atoms with Gasteiger partial charge in [-0.3, -0.25) is 4.79 Å². The summed E-state index contributed by atoms with van der Waals surface area (Å²) in [6.07, 6.45) is 1.21. The van der Waals surface area contributed by atoms with E-state index in [9.17, 15) is 20.1 Å². The fraction of sp³-hybridized carbons (Fsp3) is 0.250. The molecule has 1 aliphatic rings. The van der Waals surface area contributed by atoms with Crippen molar-refractivity contribution in [3.63, 3.8) is 0 Å². The first kappa shape index (κ1) is 11.3. The number of phenols is 3. The summed E-state index contributed by atoms with van der Waals surface area (Å²) < 4.78 is 0. The van der Waals surface area contributed by atoms with Gasteiger partial charge in [-0.25, -0.2) is 0 Å². The summed E-state index contributed by atoms with van der Waals surface area (Å²) >= 11 is 0. The largest absolute Gasteiger partial charge is 0.504 e. The lowest BCUT2D eigenvalue weighted by Gasteiger charge is -2.19. The third-order valence-electron chi connectivity index (χ3n) is 2.84. The Morgan fingerprint density at radius 1 is 1.24 bits per heavy atom. The fourth-order valence-corrected chi connectivity index (χ4v) is 1.88. The van der Waals surface area contributed by atoms with Crippen molar-refractivity contribution in [2.45, 2.75) is 12.8 Å². The molecule has 0 aromatic heterocycles. The number of rotatable bonds is 2. The fourth-order valence-electron chi connectivity index (χ4n) is 1.88. The van der Waals surface area contributed by atoms with Gasteiger partial charge in [0.05, 0.1) is 0 Å². The molecule has 5 nitrogen and oxygen atoms in total. The second-order valence-electron chi connectivity index (χ2n) is 3.93. The van der Waals surface area contributed by atoms with Crippen LogP contribution in [0.1, 0.15) is 18.4 Å². The smallest absolute Gasteiger partial charge is 0.227 e. The predicted molar refractivity (Wildman–Crippen MR) is 61.4 cm³/mol. The molecule has 2 rings (SSSR count). The van der Waals surface area contributed by atoms with Gasteiger partial charge in [0.2, 0.25) is 11.7 Å². The molecule has 3 N–H and O–H groups in total. The zero-order valence-corrected chi connectivity index (χ0v) is 9.18. The Morgan fingerprint density at radius 2 is 1.94 bits per heavy atom. The quantitative estimate of drug-likeness (QED) is 0.677. The van der Waals surface area contributed by atoms with E-state index in [2.05, 4.69) is 6.58 Å². The number of amides is 1. The number of nitrogens with zero attached hydrogens (tertiary/aromatic N) is 1. The van der Waals surface area contributed by atoms with E-state index in [4.69, 9.17) is 0 Å². The molecule has 0 atom stereocenters. The summed E-state index contributed by atoms with van der Waals surface area (Å²) in [6, 6.07) is 2.66. The first-order valence-corrected chi connectivity index (χ1v) is 5.26. The van der Waals surface area contributed by atoms with Crippen molar-refractivity contribution in [2.75, 3.05) is 6.54 Å². The summed E-state index contributed by atoms with van der Waals surface area (Å²) in [6.45, 7) is 4.30. The highest BCUT2D eigenvalue weighted by molar-refractivity contribution is 5.89. The molecular weight excluding hydrogens is 222 g/mol. The molecule has 1 fully saturated rings. The molecule has 1 heterocycles. The number of benzene rings is 1. The average Bonchev–Trinajstić information content (AvgIpc) is 2.72. The second-order valence-corrected chi connectivity index (χ2v) is 3.93. The summed E-state index contributed by atoms with van der Waals surface area (Å²) in [5.41, 5.74) is 0.579. The first-order chi connectivity index (χ1) is 8.02. The van der Waals surface area contributed by atoms with Crippen molar-refractivity contribution in [2.24, 2.45) is 0 Å². The number of hydrogen-bond donors (Lipinski definition) is 3. The van der Waals surface area contributed by atoms with Gasteiger partial charge in [-0.2, -0.15) is 0 Å². The Hall–Kier alpha value is -2.17. The lowest BCUT2D eigenvalue weighted by atomic mass is 10.1. The lowest BCUT2D eigenvalue weighted by Crippen LogP contribution is -2.22. The van der Waals surface area contributed by atoms with Crippen molar-refractivity contribution in [1.82, 2.24) is 4.90 Å². The summed E-state index contributed by atoms with van der Waals surface area (Å²) in [4.78, 5) is 13.0. The molecule has 1 aromatic rings. The van der Waals surface area contributed by atoms with Gasteiger partial charge in [0.15, 0.2) is 11.5 Å². The van der Waals surface area contributed by atoms with E-state index in [0.29, 0.717) is 18.7 Å². The summed E-state index contributed by atoms with van der Waals surface area (Å²) in [5.74, 6) is -1.53. The minimum Gasteiger partial charge on any atom is -0.504 e. The summed E-state index contributed by atoms with van der Waals surface area (Å²) in [5, 5.41) is 28.3. The van der Waals surface area contributed by atoms with Gasteiger partial charge in [-0.1, -0.05) is 6.58 Å². The Labute approximate surface area is 98.2 Å². The number of phenolic OH excluding ortho intramolecular Hbond substituents is 3. The van der Waals surface area contributed by atoms with E-state index in [1.165, 1.54) is 17.0 Å². The van der Waals surface area contributed by atoms with Crippen LogP contribution in [0.5, 0.6) is 17.2 Å². The SMILES string of the molecule is C=C(c1ccc(O)c(O)c1O)N1CCCC1=O. The van der Waals surface area contributed by atoms with Crippen molar-refractivity contribution in [1.29, 1.82) is 0 Å². The third-order valence-corrected chi connectivity index (χ3v) is 2.84. The zero-order chi connectivity index (χ0) is 12.6. The molecule has 1 aromatic carbocycles. The van der Waals surface area contributed by atoms with Crippen molar-refractivity contribution >= 4 is 11.6 Å². The lowest BCUT2D eigenvalue weighted by molar-refractivity contribution is -0.124. The highest BCUT2D eigenvalue weighted by Gasteiger charge is 2.25. The van der Waals surface area contributed by atoms with Crippen molar-refractivity contribution in [3.05, 3.63) is 24.3 Å². The minimum absolute atomic E-state index is 0.0537. The minimum atomic E-state index is -0.602.